The summed E-state index contributed by atoms with van der Waals surface area (Å²) in [5.41, 5.74) is 0.362. The van der Waals surface area contributed by atoms with Crippen LogP contribution >= 0.6 is 0 Å². The number of hydrogen-bond donors (Lipinski definition) is 0. The van der Waals surface area contributed by atoms with E-state index in [0.717, 1.165) is 24.8 Å². The van der Waals surface area contributed by atoms with Crippen LogP contribution < -0.4 is 0 Å². The molecule has 31 heavy (non-hydrogen) atoms. The molecule has 0 bridgehead atoms. The molecule has 0 aromatic heterocycles. The van der Waals surface area contributed by atoms with Crippen molar-refractivity contribution in [2.24, 2.45) is 0 Å². The van der Waals surface area contributed by atoms with Gasteiger partial charge in [0.2, 0.25) is 0 Å². The lowest BCUT2D eigenvalue weighted by molar-refractivity contribution is -0.0139. The summed E-state index contributed by atoms with van der Waals surface area (Å²) in [6.45, 7) is 10.7. The van der Waals surface area contributed by atoms with E-state index in [1.807, 2.05) is 65.0 Å². The second-order valence-electron chi connectivity index (χ2n) is 9.34. The third kappa shape index (κ3) is 7.73. The minimum absolute atomic E-state index is 0.0281. The number of rotatable bonds is 7. The molecule has 0 saturated carbocycles. The second-order valence-corrected chi connectivity index (χ2v) is 9.34. The summed E-state index contributed by atoms with van der Waals surface area (Å²) in [6, 6.07) is 9.47. The van der Waals surface area contributed by atoms with Gasteiger partial charge in [-0.15, -0.1) is 0 Å². The van der Waals surface area contributed by atoms with Gasteiger partial charge in [-0.1, -0.05) is 30.3 Å². The molecule has 174 valence electrons. The van der Waals surface area contributed by atoms with Crippen LogP contribution in [0.2, 0.25) is 0 Å². The molecule has 7 nitrogen and oxygen atoms in total. The Bertz CT molecular complexity index is 702. The molecule has 0 spiro atoms. The SMILES string of the molecule is COCC[C@@H]1CC[C@@H](N(C(=O)OCc2ccccc2)C(C)C)CN1C(=O)OC(C)(C)C. The number of ether oxygens (including phenoxy) is 3. The highest BCUT2D eigenvalue weighted by Gasteiger charge is 2.38. The van der Waals surface area contributed by atoms with Gasteiger partial charge in [-0.25, -0.2) is 9.59 Å². The minimum atomic E-state index is -0.581. The first-order valence-corrected chi connectivity index (χ1v) is 11.1. The van der Waals surface area contributed by atoms with E-state index >= 15 is 0 Å². The zero-order valence-electron chi connectivity index (χ0n) is 19.8. The van der Waals surface area contributed by atoms with Crippen molar-refractivity contribution in [3.63, 3.8) is 0 Å². The van der Waals surface area contributed by atoms with E-state index in [2.05, 4.69) is 0 Å². The maximum Gasteiger partial charge on any atom is 0.410 e. The molecule has 1 aliphatic heterocycles. The Hall–Kier alpha value is -2.28. The van der Waals surface area contributed by atoms with Crippen molar-refractivity contribution >= 4 is 12.2 Å². The summed E-state index contributed by atoms with van der Waals surface area (Å²) in [5.74, 6) is 0. The van der Waals surface area contributed by atoms with E-state index < -0.39 is 5.60 Å². The van der Waals surface area contributed by atoms with Gasteiger partial charge >= 0.3 is 12.2 Å². The Balaban J connectivity index is 2.11. The highest BCUT2D eigenvalue weighted by Crippen LogP contribution is 2.27. The fraction of sp³-hybridized carbons (Fsp3) is 0.667. The number of nitrogens with zero attached hydrogens (tertiary/aromatic N) is 2. The van der Waals surface area contributed by atoms with E-state index in [9.17, 15) is 9.59 Å². The molecule has 1 heterocycles. The molecule has 1 aromatic carbocycles. The van der Waals surface area contributed by atoms with Crippen molar-refractivity contribution in [1.82, 2.24) is 9.80 Å². The van der Waals surface area contributed by atoms with Gasteiger partial charge in [-0.05, 0) is 59.4 Å². The smallest absolute Gasteiger partial charge is 0.410 e. The molecular weight excluding hydrogens is 396 g/mol. The van der Waals surface area contributed by atoms with Crippen molar-refractivity contribution in [2.75, 3.05) is 20.3 Å². The van der Waals surface area contributed by atoms with Crippen LogP contribution in [-0.2, 0) is 20.8 Å². The average Bonchev–Trinajstić information content (AvgIpc) is 2.70. The van der Waals surface area contributed by atoms with Crippen molar-refractivity contribution in [2.45, 2.75) is 84.2 Å². The molecule has 7 heteroatoms. The first-order valence-electron chi connectivity index (χ1n) is 11.1. The highest BCUT2D eigenvalue weighted by molar-refractivity contribution is 5.70. The van der Waals surface area contributed by atoms with Gasteiger partial charge in [0, 0.05) is 32.3 Å². The number of piperidine rings is 1. The molecule has 2 atom stereocenters. The van der Waals surface area contributed by atoms with Gasteiger partial charge in [0.25, 0.3) is 0 Å². The average molecular weight is 435 g/mol. The van der Waals surface area contributed by atoms with Crippen molar-refractivity contribution in [3.8, 4) is 0 Å². The number of amides is 2. The summed E-state index contributed by atoms with van der Waals surface area (Å²) >= 11 is 0. The third-order valence-electron chi connectivity index (χ3n) is 5.33. The highest BCUT2D eigenvalue weighted by atomic mass is 16.6. The summed E-state index contributed by atoms with van der Waals surface area (Å²) in [7, 11) is 1.66. The number of likely N-dealkylation sites (tertiary alicyclic amines) is 1. The monoisotopic (exact) mass is 434 g/mol. The largest absolute Gasteiger partial charge is 0.445 e. The maximum absolute atomic E-state index is 13.0. The Morgan fingerprint density at radius 2 is 1.84 bits per heavy atom. The van der Waals surface area contributed by atoms with E-state index in [-0.39, 0.29) is 36.9 Å². The van der Waals surface area contributed by atoms with Crippen LogP contribution in [0.5, 0.6) is 0 Å². The molecule has 0 aliphatic carbocycles. The molecule has 1 fully saturated rings. The molecule has 2 amide bonds. The summed E-state index contributed by atoms with van der Waals surface area (Å²) < 4.78 is 16.5. The summed E-state index contributed by atoms with van der Waals surface area (Å²) in [6.07, 6.45) is 1.61. The Morgan fingerprint density at radius 1 is 1.16 bits per heavy atom. The fourth-order valence-electron chi connectivity index (χ4n) is 3.91. The zero-order valence-corrected chi connectivity index (χ0v) is 19.8. The van der Waals surface area contributed by atoms with Crippen molar-refractivity contribution < 1.29 is 23.8 Å². The normalized spacial score (nSPS) is 19.3. The van der Waals surface area contributed by atoms with Gasteiger partial charge in [-0.2, -0.15) is 0 Å². The van der Waals surface area contributed by atoms with E-state index in [4.69, 9.17) is 14.2 Å². The van der Waals surface area contributed by atoms with Crippen LogP contribution in [0.3, 0.4) is 0 Å². The van der Waals surface area contributed by atoms with Crippen LogP contribution in [0, 0.1) is 0 Å². The maximum atomic E-state index is 13.0. The lowest BCUT2D eigenvalue weighted by Gasteiger charge is -2.44. The number of carbonyl (C=O) groups excluding carboxylic acids is 2. The van der Waals surface area contributed by atoms with Crippen molar-refractivity contribution in [1.29, 1.82) is 0 Å². The zero-order chi connectivity index (χ0) is 23.0. The number of hydrogen-bond acceptors (Lipinski definition) is 5. The number of carbonyl (C=O) groups is 2. The standard InChI is InChI=1S/C24H38N2O5/c1-18(2)26(23(28)30-17-19-10-8-7-9-11-19)21-13-12-20(14-15-29-6)25(16-21)22(27)31-24(3,4)5/h7-11,18,20-21H,12-17H2,1-6H3/t20-,21+/m0/s1. The molecule has 0 radical (unpaired) electrons. The summed E-state index contributed by atoms with van der Waals surface area (Å²) in [4.78, 5) is 29.4. The first-order chi connectivity index (χ1) is 14.6. The minimum Gasteiger partial charge on any atom is -0.445 e. The van der Waals surface area contributed by atoms with Gasteiger partial charge in [-0.3, -0.25) is 0 Å². The topological polar surface area (TPSA) is 68.3 Å². The summed E-state index contributed by atoms with van der Waals surface area (Å²) in [5, 5.41) is 0. The van der Waals surface area contributed by atoms with Crippen LogP contribution in [0.25, 0.3) is 0 Å². The van der Waals surface area contributed by atoms with E-state index in [0.29, 0.717) is 13.2 Å². The fourth-order valence-corrected chi connectivity index (χ4v) is 3.91. The van der Waals surface area contributed by atoms with Crippen LogP contribution in [0.1, 0.15) is 59.4 Å². The predicted octanol–water partition coefficient (Wildman–Crippen LogP) is 4.84. The molecule has 1 saturated heterocycles. The third-order valence-corrected chi connectivity index (χ3v) is 5.33. The molecule has 1 aliphatic rings. The van der Waals surface area contributed by atoms with Crippen LogP contribution in [-0.4, -0.2) is 66.0 Å². The molecule has 2 rings (SSSR count). The van der Waals surface area contributed by atoms with Crippen LogP contribution in [0.15, 0.2) is 30.3 Å². The quantitative estimate of drug-likeness (QED) is 0.614. The Morgan fingerprint density at radius 3 is 2.42 bits per heavy atom. The number of benzene rings is 1. The lowest BCUT2D eigenvalue weighted by Crippen LogP contribution is -2.57. The van der Waals surface area contributed by atoms with E-state index in [1.54, 1.807) is 16.9 Å². The first kappa shape index (κ1) is 25.0. The molecule has 1 aromatic rings. The second kappa shape index (κ2) is 11.4. The molecular formula is C24H38N2O5. The van der Waals surface area contributed by atoms with Gasteiger partial charge in [0.1, 0.15) is 12.2 Å². The van der Waals surface area contributed by atoms with Gasteiger partial charge < -0.3 is 24.0 Å². The van der Waals surface area contributed by atoms with Gasteiger partial charge in [0.15, 0.2) is 0 Å². The van der Waals surface area contributed by atoms with Crippen LogP contribution in [0.4, 0.5) is 9.59 Å². The number of methoxy groups -OCH3 is 1. The Kier molecular flexibility index (Phi) is 9.16. The predicted molar refractivity (Wildman–Crippen MR) is 120 cm³/mol. The van der Waals surface area contributed by atoms with E-state index in [1.165, 1.54) is 0 Å². The van der Waals surface area contributed by atoms with Gasteiger partial charge in [0.05, 0.1) is 6.04 Å². The van der Waals surface area contributed by atoms with Crippen molar-refractivity contribution in [3.05, 3.63) is 35.9 Å². The Labute approximate surface area is 186 Å². The molecule has 0 N–H and O–H groups in total. The molecule has 0 unspecified atom stereocenters. The lowest BCUT2D eigenvalue weighted by atomic mass is 9.95.